The van der Waals surface area contributed by atoms with Gasteiger partial charge in [0.2, 0.25) is 0 Å². The van der Waals surface area contributed by atoms with Gasteiger partial charge in [-0.1, -0.05) is 30.3 Å². The molecule has 2 aromatic rings. The molecule has 4 rings (SSSR count). The number of nitrogens with one attached hydrogen (secondary N) is 2. The zero-order chi connectivity index (χ0) is 18.3. The highest BCUT2D eigenvalue weighted by Gasteiger charge is 2.49. The number of carbonyl (C=O) groups is 1. The van der Waals surface area contributed by atoms with Crippen LogP contribution >= 0.6 is 0 Å². The summed E-state index contributed by atoms with van der Waals surface area (Å²) >= 11 is 0. The number of aromatic nitrogens is 2. The summed E-state index contributed by atoms with van der Waals surface area (Å²) in [6.07, 6.45) is -2.55. The van der Waals surface area contributed by atoms with E-state index in [9.17, 15) is 18.0 Å². The Morgan fingerprint density at radius 2 is 2.00 bits per heavy atom. The average Bonchev–Trinajstić information content (AvgIpc) is 3.37. The molecule has 0 bridgehead atoms. The van der Waals surface area contributed by atoms with Crippen molar-refractivity contribution in [1.29, 1.82) is 0 Å². The normalized spacial score (nSPS) is 22.4. The summed E-state index contributed by atoms with van der Waals surface area (Å²) in [5.41, 5.74) is 0.902. The highest BCUT2D eigenvalue weighted by atomic mass is 19.4. The van der Waals surface area contributed by atoms with Gasteiger partial charge in [0, 0.05) is 18.7 Å². The quantitative estimate of drug-likeness (QED) is 0.873. The molecule has 8 heteroatoms. The van der Waals surface area contributed by atoms with Crippen molar-refractivity contribution in [2.45, 2.75) is 44.1 Å². The Bertz CT molecular complexity index is 799. The summed E-state index contributed by atoms with van der Waals surface area (Å²) in [4.78, 5) is 12.3. The molecule has 2 heterocycles. The van der Waals surface area contributed by atoms with Gasteiger partial charge in [-0.3, -0.25) is 4.79 Å². The third kappa shape index (κ3) is 3.40. The second-order valence-electron chi connectivity index (χ2n) is 6.91. The Hall–Kier alpha value is -2.51. The molecule has 0 spiro atoms. The Morgan fingerprint density at radius 3 is 2.65 bits per heavy atom. The third-order valence-electron chi connectivity index (χ3n) is 4.94. The van der Waals surface area contributed by atoms with Crippen LogP contribution in [0, 0.1) is 5.92 Å². The molecular formula is C18H19F3N4O. The maximum absolute atomic E-state index is 13.5. The number of fused-ring (bicyclic) bond motifs is 1. The molecule has 2 N–H and O–H groups in total. The molecule has 0 radical (unpaired) electrons. The van der Waals surface area contributed by atoms with E-state index in [4.69, 9.17) is 0 Å². The Kier molecular flexibility index (Phi) is 4.13. The number of benzene rings is 1. The highest BCUT2D eigenvalue weighted by molar-refractivity contribution is 5.93. The molecule has 138 valence electrons. The minimum atomic E-state index is -4.40. The molecule has 1 aliphatic heterocycles. The molecular weight excluding hydrogens is 345 g/mol. The maximum atomic E-state index is 13.5. The average molecular weight is 364 g/mol. The van der Waals surface area contributed by atoms with Gasteiger partial charge in [-0.15, -0.1) is 0 Å². The molecule has 0 saturated heterocycles. The molecule has 1 amide bonds. The lowest BCUT2D eigenvalue weighted by Crippen LogP contribution is -2.40. The van der Waals surface area contributed by atoms with Crippen molar-refractivity contribution in [3.8, 4) is 0 Å². The van der Waals surface area contributed by atoms with E-state index in [-0.39, 0.29) is 29.9 Å². The number of alkyl halides is 3. The van der Waals surface area contributed by atoms with E-state index in [2.05, 4.69) is 15.7 Å². The summed E-state index contributed by atoms with van der Waals surface area (Å²) in [5, 5.41) is 9.78. The molecule has 1 aromatic carbocycles. The third-order valence-corrected chi connectivity index (χ3v) is 4.94. The predicted octanol–water partition coefficient (Wildman–Crippen LogP) is 3.51. The second kappa shape index (κ2) is 6.34. The lowest BCUT2D eigenvalue weighted by atomic mass is 10.0. The van der Waals surface area contributed by atoms with Crippen LogP contribution in [0.5, 0.6) is 0 Å². The van der Waals surface area contributed by atoms with Crippen molar-refractivity contribution < 1.29 is 18.0 Å². The van der Waals surface area contributed by atoms with E-state index in [0.717, 1.165) is 23.1 Å². The van der Waals surface area contributed by atoms with Crippen molar-refractivity contribution >= 4 is 11.7 Å². The Labute approximate surface area is 148 Å². The zero-order valence-electron chi connectivity index (χ0n) is 14.0. The molecule has 2 atom stereocenters. The van der Waals surface area contributed by atoms with Crippen molar-refractivity contribution in [1.82, 2.24) is 15.1 Å². The molecule has 1 aromatic heterocycles. The summed E-state index contributed by atoms with van der Waals surface area (Å²) in [6, 6.07) is 8.80. The second-order valence-corrected chi connectivity index (χ2v) is 6.91. The van der Waals surface area contributed by atoms with Gasteiger partial charge >= 0.3 is 6.18 Å². The first-order chi connectivity index (χ1) is 12.4. The molecule has 2 unspecified atom stereocenters. The number of amides is 1. The molecule has 2 aliphatic rings. The number of hydrogen-bond donors (Lipinski definition) is 2. The van der Waals surface area contributed by atoms with Crippen LogP contribution in [-0.4, -0.2) is 27.9 Å². The maximum Gasteiger partial charge on any atom is 0.410 e. The lowest BCUT2D eigenvalue weighted by Gasteiger charge is -2.33. The number of hydrogen-bond acceptors (Lipinski definition) is 3. The van der Waals surface area contributed by atoms with Crippen LogP contribution < -0.4 is 10.6 Å². The molecule has 26 heavy (non-hydrogen) atoms. The lowest BCUT2D eigenvalue weighted by molar-refractivity contribution is -0.174. The summed E-state index contributed by atoms with van der Waals surface area (Å²) in [5.74, 6) is 0.0562. The van der Waals surface area contributed by atoms with E-state index in [1.54, 1.807) is 0 Å². The first kappa shape index (κ1) is 16.9. The van der Waals surface area contributed by atoms with Crippen LogP contribution in [-0.2, 0) is 6.54 Å². The van der Waals surface area contributed by atoms with Crippen molar-refractivity contribution in [3.05, 3.63) is 47.7 Å². The standard InChI is InChI=1S/C18H19F3N4O/c19-18(20,21)15-8-13(12-6-7-12)23-16-9-14(24-25(15)16)17(26)22-10-11-4-2-1-3-5-11/h1-5,9,12-13,15,23H,6-8,10H2,(H,22,26). The van der Waals surface area contributed by atoms with Crippen LogP contribution in [0.15, 0.2) is 36.4 Å². The summed E-state index contributed by atoms with van der Waals surface area (Å²) in [7, 11) is 0. The fraction of sp³-hybridized carbons (Fsp3) is 0.444. The first-order valence-electron chi connectivity index (χ1n) is 8.67. The molecule has 1 aliphatic carbocycles. The van der Waals surface area contributed by atoms with E-state index in [0.29, 0.717) is 6.54 Å². The minimum Gasteiger partial charge on any atom is -0.367 e. The van der Waals surface area contributed by atoms with Gasteiger partial charge in [0.05, 0.1) is 0 Å². The number of halogens is 3. The van der Waals surface area contributed by atoms with Gasteiger partial charge in [-0.25, -0.2) is 4.68 Å². The van der Waals surface area contributed by atoms with Crippen molar-refractivity contribution in [2.24, 2.45) is 5.92 Å². The van der Waals surface area contributed by atoms with Gasteiger partial charge < -0.3 is 10.6 Å². The molecule has 1 fully saturated rings. The first-order valence-corrected chi connectivity index (χ1v) is 8.67. The largest absolute Gasteiger partial charge is 0.410 e. The smallest absolute Gasteiger partial charge is 0.367 e. The van der Waals surface area contributed by atoms with Crippen LogP contribution in [0.3, 0.4) is 0 Å². The number of nitrogens with zero attached hydrogens (tertiary/aromatic N) is 2. The molecule has 1 saturated carbocycles. The summed E-state index contributed by atoms with van der Waals surface area (Å²) in [6.45, 7) is 0.294. The number of carbonyl (C=O) groups excluding carboxylic acids is 1. The van der Waals surface area contributed by atoms with Gasteiger partial charge in [0.15, 0.2) is 11.7 Å². The van der Waals surface area contributed by atoms with Crippen LogP contribution in [0.25, 0.3) is 0 Å². The van der Waals surface area contributed by atoms with Crippen molar-refractivity contribution in [2.75, 3.05) is 5.32 Å². The van der Waals surface area contributed by atoms with E-state index < -0.39 is 18.1 Å². The van der Waals surface area contributed by atoms with Crippen LogP contribution in [0.1, 0.15) is 41.4 Å². The topological polar surface area (TPSA) is 59.0 Å². The zero-order valence-corrected chi connectivity index (χ0v) is 14.0. The van der Waals surface area contributed by atoms with E-state index in [1.807, 2.05) is 30.3 Å². The van der Waals surface area contributed by atoms with Gasteiger partial charge in [-0.05, 0) is 30.7 Å². The SMILES string of the molecule is O=C(NCc1ccccc1)c1cc2n(n1)C(C(F)(F)F)CC(C1CC1)N2. The van der Waals surface area contributed by atoms with Gasteiger partial charge in [0.1, 0.15) is 5.82 Å². The van der Waals surface area contributed by atoms with Gasteiger partial charge in [0.25, 0.3) is 5.91 Å². The predicted molar refractivity (Wildman–Crippen MR) is 89.7 cm³/mol. The fourth-order valence-corrected chi connectivity index (χ4v) is 3.39. The molecule has 5 nitrogen and oxygen atoms in total. The highest BCUT2D eigenvalue weighted by Crippen LogP contribution is 2.45. The Balaban J connectivity index is 1.53. The fourth-order valence-electron chi connectivity index (χ4n) is 3.39. The monoisotopic (exact) mass is 364 g/mol. The Morgan fingerprint density at radius 1 is 1.27 bits per heavy atom. The number of rotatable bonds is 4. The van der Waals surface area contributed by atoms with Crippen molar-refractivity contribution in [3.63, 3.8) is 0 Å². The van der Waals surface area contributed by atoms with Gasteiger partial charge in [-0.2, -0.15) is 18.3 Å². The van der Waals surface area contributed by atoms with E-state index >= 15 is 0 Å². The van der Waals surface area contributed by atoms with Crippen LogP contribution in [0.4, 0.5) is 19.0 Å². The number of anilines is 1. The van der Waals surface area contributed by atoms with Crippen LogP contribution in [0.2, 0.25) is 0 Å². The minimum absolute atomic E-state index is 0.00544. The van der Waals surface area contributed by atoms with E-state index in [1.165, 1.54) is 6.07 Å². The summed E-state index contributed by atoms with van der Waals surface area (Å²) < 4.78 is 41.3.